The Hall–Kier alpha value is -0.770. The van der Waals surface area contributed by atoms with Crippen LogP contribution in [0.15, 0.2) is 34.3 Å². The molecule has 0 aliphatic carbocycles. The lowest BCUT2D eigenvalue weighted by molar-refractivity contribution is 0.490. The number of nitrogens with one attached hydrogen (secondary N) is 1. The minimum Gasteiger partial charge on any atom is -0.453 e. The normalized spacial score (nSPS) is 12.8. The molecule has 1 atom stereocenters. The predicted octanol–water partition coefficient (Wildman–Crippen LogP) is 4.67. The van der Waals surface area contributed by atoms with E-state index in [1.54, 1.807) is 17.6 Å². The van der Waals surface area contributed by atoms with Gasteiger partial charge < -0.3 is 9.73 Å². The van der Waals surface area contributed by atoms with Gasteiger partial charge in [0.1, 0.15) is 0 Å². The first kappa shape index (κ1) is 13.7. The molecule has 2 heterocycles. The van der Waals surface area contributed by atoms with Gasteiger partial charge in [-0.05, 0) is 54.9 Å². The molecule has 0 saturated heterocycles. The topological polar surface area (TPSA) is 25.2 Å². The van der Waals surface area contributed by atoms with E-state index >= 15 is 0 Å². The zero-order valence-corrected chi connectivity index (χ0v) is 12.1. The first-order chi connectivity index (χ1) is 8.81. The highest BCUT2D eigenvalue weighted by Gasteiger charge is 2.16. The molecule has 0 aliphatic heterocycles. The van der Waals surface area contributed by atoms with Gasteiger partial charge in [-0.25, -0.2) is 0 Å². The van der Waals surface area contributed by atoms with Gasteiger partial charge in [0, 0.05) is 16.5 Å². The lowest BCUT2D eigenvalue weighted by Gasteiger charge is -2.17. The summed E-state index contributed by atoms with van der Waals surface area (Å²) in [5, 5.41) is 6.16. The summed E-state index contributed by atoms with van der Waals surface area (Å²) in [5.41, 5.74) is 1.07. The molecule has 0 aliphatic rings. The van der Waals surface area contributed by atoms with Crippen LogP contribution < -0.4 is 5.32 Å². The van der Waals surface area contributed by atoms with Crippen molar-refractivity contribution in [1.82, 2.24) is 5.32 Å². The quantitative estimate of drug-likeness (QED) is 0.799. The SMILES string of the molecule is CCCNC(CCc1cccs1)c1ccoc1Cl. The number of thiophene rings is 1. The van der Waals surface area contributed by atoms with Gasteiger partial charge in [-0.15, -0.1) is 11.3 Å². The van der Waals surface area contributed by atoms with Crippen molar-refractivity contribution in [2.45, 2.75) is 32.2 Å². The van der Waals surface area contributed by atoms with Gasteiger partial charge in [-0.2, -0.15) is 0 Å². The Balaban J connectivity index is 1.99. The first-order valence-corrected chi connectivity index (χ1v) is 7.55. The van der Waals surface area contributed by atoms with Crippen LogP contribution in [-0.4, -0.2) is 6.54 Å². The van der Waals surface area contributed by atoms with E-state index in [0.29, 0.717) is 5.22 Å². The van der Waals surface area contributed by atoms with Crippen LogP contribution in [0.5, 0.6) is 0 Å². The fraction of sp³-hybridized carbons (Fsp3) is 0.429. The fourth-order valence-electron chi connectivity index (χ4n) is 1.98. The Kier molecular flexibility index (Phi) is 5.29. The average molecular weight is 284 g/mol. The largest absolute Gasteiger partial charge is 0.453 e. The van der Waals surface area contributed by atoms with Crippen LogP contribution in [0.2, 0.25) is 5.22 Å². The van der Waals surface area contributed by atoms with Crippen molar-refractivity contribution in [2.24, 2.45) is 0 Å². The average Bonchev–Trinajstić information content (AvgIpc) is 3.01. The zero-order valence-electron chi connectivity index (χ0n) is 10.5. The first-order valence-electron chi connectivity index (χ1n) is 6.30. The minimum absolute atomic E-state index is 0.276. The monoisotopic (exact) mass is 283 g/mol. The highest BCUT2D eigenvalue weighted by molar-refractivity contribution is 7.09. The van der Waals surface area contributed by atoms with Crippen molar-refractivity contribution < 1.29 is 4.42 Å². The summed E-state index contributed by atoms with van der Waals surface area (Å²) in [5.74, 6) is 0. The number of hydrogen-bond donors (Lipinski definition) is 1. The van der Waals surface area contributed by atoms with Crippen molar-refractivity contribution in [3.05, 3.63) is 45.5 Å². The second-order valence-electron chi connectivity index (χ2n) is 4.27. The van der Waals surface area contributed by atoms with E-state index < -0.39 is 0 Å². The van der Waals surface area contributed by atoms with Crippen LogP contribution in [0, 0.1) is 0 Å². The van der Waals surface area contributed by atoms with E-state index in [1.807, 2.05) is 6.07 Å². The van der Waals surface area contributed by atoms with Crippen LogP contribution >= 0.6 is 22.9 Å². The molecule has 0 amide bonds. The fourth-order valence-corrected chi connectivity index (χ4v) is 2.95. The van der Waals surface area contributed by atoms with E-state index in [2.05, 4.69) is 29.8 Å². The van der Waals surface area contributed by atoms with E-state index in [1.165, 1.54) is 4.88 Å². The number of halogens is 1. The molecule has 2 aromatic rings. The smallest absolute Gasteiger partial charge is 0.197 e. The molecule has 1 unspecified atom stereocenters. The van der Waals surface area contributed by atoms with Crippen LogP contribution in [0.25, 0.3) is 0 Å². The summed E-state index contributed by atoms with van der Waals surface area (Å²) in [6.07, 6.45) is 4.88. The number of furan rings is 1. The minimum atomic E-state index is 0.276. The molecular weight excluding hydrogens is 266 g/mol. The van der Waals surface area contributed by atoms with E-state index in [0.717, 1.165) is 31.4 Å². The molecule has 98 valence electrons. The van der Waals surface area contributed by atoms with Gasteiger partial charge in [0.25, 0.3) is 0 Å². The van der Waals surface area contributed by atoms with Crippen LogP contribution in [0.4, 0.5) is 0 Å². The van der Waals surface area contributed by atoms with Gasteiger partial charge in [-0.1, -0.05) is 13.0 Å². The molecule has 1 N–H and O–H groups in total. The lowest BCUT2D eigenvalue weighted by Crippen LogP contribution is -2.22. The van der Waals surface area contributed by atoms with Gasteiger partial charge in [-0.3, -0.25) is 0 Å². The summed E-state index contributed by atoms with van der Waals surface area (Å²) in [6, 6.07) is 6.51. The van der Waals surface area contributed by atoms with E-state index in [4.69, 9.17) is 16.0 Å². The molecule has 18 heavy (non-hydrogen) atoms. The molecule has 2 nitrogen and oxygen atoms in total. The zero-order chi connectivity index (χ0) is 12.8. The van der Waals surface area contributed by atoms with Gasteiger partial charge in [0.2, 0.25) is 0 Å². The van der Waals surface area contributed by atoms with Gasteiger partial charge in [0.15, 0.2) is 5.22 Å². The summed E-state index contributed by atoms with van der Waals surface area (Å²) < 4.78 is 5.19. The molecule has 0 saturated carbocycles. The Morgan fingerprint density at radius 1 is 1.44 bits per heavy atom. The molecule has 4 heteroatoms. The highest BCUT2D eigenvalue weighted by atomic mass is 35.5. The second kappa shape index (κ2) is 6.98. The molecule has 0 spiro atoms. The maximum atomic E-state index is 6.07. The molecule has 0 aromatic carbocycles. The Labute approximate surface area is 117 Å². The van der Waals surface area contributed by atoms with Gasteiger partial charge >= 0.3 is 0 Å². The molecule has 0 bridgehead atoms. The molecule has 0 radical (unpaired) electrons. The van der Waals surface area contributed by atoms with Crippen LogP contribution in [0.1, 0.15) is 36.2 Å². The van der Waals surface area contributed by atoms with Crippen molar-refractivity contribution in [3.63, 3.8) is 0 Å². The second-order valence-corrected chi connectivity index (χ2v) is 5.65. The maximum Gasteiger partial charge on any atom is 0.197 e. The summed E-state index contributed by atoms with van der Waals surface area (Å²) in [7, 11) is 0. The van der Waals surface area contributed by atoms with Crippen LogP contribution in [-0.2, 0) is 6.42 Å². The van der Waals surface area contributed by atoms with Crippen molar-refractivity contribution in [3.8, 4) is 0 Å². The van der Waals surface area contributed by atoms with Gasteiger partial charge in [0.05, 0.1) is 6.26 Å². The van der Waals surface area contributed by atoms with Crippen molar-refractivity contribution in [1.29, 1.82) is 0 Å². The van der Waals surface area contributed by atoms with Crippen molar-refractivity contribution >= 4 is 22.9 Å². The summed E-state index contributed by atoms with van der Waals surface area (Å²) in [6.45, 7) is 3.16. The number of rotatable bonds is 7. The Morgan fingerprint density at radius 3 is 2.94 bits per heavy atom. The van der Waals surface area contributed by atoms with Crippen molar-refractivity contribution in [2.75, 3.05) is 6.54 Å². The summed E-state index contributed by atoms with van der Waals surface area (Å²) >= 11 is 7.88. The van der Waals surface area contributed by atoms with E-state index in [-0.39, 0.29) is 6.04 Å². The third-order valence-corrected chi connectivity index (χ3v) is 4.17. The summed E-state index contributed by atoms with van der Waals surface area (Å²) in [4.78, 5) is 1.41. The third-order valence-electron chi connectivity index (χ3n) is 2.92. The molecule has 2 aromatic heterocycles. The molecular formula is C14H18ClNOS. The van der Waals surface area contributed by atoms with Crippen LogP contribution in [0.3, 0.4) is 0 Å². The number of hydrogen-bond acceptors (Lipinski definition) is 3. The molecule has 2 rings (SSSR count). The Bertz CT molecular complexity index is 452. The maximum absolute atomic E-state index is 6.07. The lowest BCUT2D eigenvalue weighted by atomic mass is 10.0. The number of aryl methyl sites for hydroxylation is 1. The predicted molar refractivity (Wildman–Crippen MR) is 77.4 cm³/mol. The molecule has 0 fully saturated rings. The highest BCUT2D eigenvalue weighted by Crippen LogP contribution is 2.28. The third kappa shape index (κ3) is 3.61. The Morgan fingerprint density at radius 2 is 2.33 bits per heavy atom. The standard InChI is InChI=1S/C14H18ClNOS/c1-2-8-16-13(12-7-9-17-14(12)15)6-5-11-4-3-10-18-11/h3-4,7,9-10,13,16H,2,5-6,8H2,1H3. The van der Waals surface area contributed by atoms with E-state index in [9.17, 15) is 0 Å².